The molecule has 19 heavy (non-hydrogen) atoms. The maximum atomic E-state index is 6.10. The Morgan fingerprint density at radius 2 is 2.21 bits per heavy atom. The number of thiocarbonyl (C=S) groups is 1. The van der Waals surface area contributed by atoms with Gasteiger partial charge in [-0.2, -0.15) is 0 Å². The number of nitrogens with two attached hydrogens (primary N) is 1. The summed E-state index contributed by atoms with van der Waals surface area (Å²) in [6.07, 6.45) is 10.0. The summed E-state index contributed by atoms with van der Waals surface area (Å²) in [6, 6.07) is 0.363. The minimum absolute atomic E-state index is 0.0799. The third kappa shape index (κ3) is 2.65. The van der Waals surface area contributed by atoms with Crippen molar-refractivity contribution in [2.75, 3.05) is 6.61 Å². The number of rotatable bonds is 2. The first-order valence-electron chi connectivity index (χ1n) is 7.03. The lowest BCUT2D eigenvalue weighted by Gasteiger charge is -2.43. The van der Waals surface area contributed by atoms with Crippen molar-refractivity contribution in [1.82, 2.24) is 14.8 Å². The Kier molecular flexibility index (Phi) is 3.54. The molecule has 2 fully saturated rings. The van der Waals surface area contributed by atoms with Gasteiger partial charge in [0.2, 0.25) is 5.82 Å². The van der Waals surface area contributed by atoms with E-state index in [4.69, 9.17) is 22.7 Å². The first kappa shape index (κ1) is 13.0. The summed E-state index contributed by atoms with van der Waals surface area (Å²) in [5.74, 6) is 0.471. The van der Waals surface area contributed by atoms with Gasteiger partial charge in [-0.05, 0) is 25.7 Å². The average molecular weight is 280 g/mol. The highest BCUT2D eigenvalue weighted by molar-refractivity contribution is 7.80. The van der Waals surface area contributed by atoms with Crippen LogP contribution in [-0.4, -0.2) is 32.0 Å². The van der Waals surface area contributed by atoms with Gasteiger partial charge in [0.25, 0.3) is 0 Å². The van der Waals surface area contributed by atoms with Crippen molar-refractivity contribution in [1.29, 1.82) is 0 Å². The molecule has 5 nitrogen and oxygen atoms in total. The van der Waals surface area contributed by atoms with Crippen LogP contribution in [0.3, 0.4) is 0 Å². The molecule has 2 heterocycles. The Hall–Kier alpha value is -1.01. The van der Waals surface area contributed by atoms with Crippen molar-refractivity contribution >= 4 is 17.2 Å². The Morgan fingerprint density at radius 3 is 2.89 bits per heavy atom. The van der Waals surface area contributed by atoms with Gasteiger partial charge in [0.15, 0.2) is 0 Å². The van der Waals surface area contributed by atoms with Crippen LogP contribution in [0.5, 0.6) is 0 Å². The van der Waals surface area contributed by atoms with E-state index in [0.29, 0.717) is 11.9 Å². The zero-order chi connectivity index (χ0) is 13.3. The quantitative estimate of drug-likeness (QED) is 0.839. The van der Waals surface area contributed by atoms with Gasteiger partial charge in [-0.3, -0.25) is 0 Å². The largest absolute Gasteiger partial charge is 0.387 e. The molecule has 1 unspecified atom stereocenters. The van der Waals surface area contributed by atoms with Crippen LogP contribution < -0.4 is 5.73 Å². The fraction of sp³-hybridized carbons (Fsp3) is 0.769. The smallest absolute Gasteiger partial charge is 0.208 e. The van der Waals surface area contributed by atoms with E-state index in [-0.39, 0.29) is 10.6 Å². The number of ether oxygens (including phenoxy) is 1. The van der Waals surface area contributed by atoms with Gasteiger partial charge in [-0.25, -0.2) is 9.67 Å². The van der Waals surface area contributed by atoms with Crippen LogP contribution in [0.15, 0.2) is 6.33 Å². The Balaban J connectivity index is 1.75. The first-order chi connectivity index (χ1) is 9.19. The fourth-order valence-electron chi connectivity index (χ4n) is 3.34. The van der Waals surface area contributed by atoms with Crippen LogP contribution in [0.1, 0.15) is 56.8 Å². The third-order valence-electron chi connectivity index (χ3n) is 4.33. The molecule has 1 aromatic rings. The van der Waals surface area contributed by atoms with Gasteiger partial charge in [-0.1, -0.05) is 31.5 Å². The average Bonchev–Trinajstić information content (AvgIpc) is 2.89. The highest BCUT2D eigenvalue weighted by atomic mass is 32.1. The molecule has 0 amide bonds. The second kappa shape index (κ2) is 5.17. The van der Waals surface area contributed by atoms with E-state index < -0.39 is 0 Å². The van der Waals surface area contributed by atoms with Crippen LogP contribution in [0.2, 0.25) is 0 Å². The molecule has 1 aliphatic heterocycles. The minimum Gasteiger partial charge on any atom is -0.387 e. The lowest BCUT2D eigenvalue weighted by atomic mass is 9.78. The van der Waals surface area contributed by atoms with Crippen LogP contribution >= 0.6 is 12.2 Å². The number of hydrogen-bond donors (Lipinski definition) is 1. The van der Waals surface area contributed by atoms with E-state index in [1.165, 1.54) is 32.1 Å². The zero-order valence-electron chi connectivity index (χ0n) is 11.0. The van der Waals surface area contributed by atoms with E-state index in [2.05, 4.69) is 10.1 Å². The Labute approximate surface area is 118 Å². The molecule has 1 aliphatic carbocycles. The van der Waals surface area contributed by atoms with Gasteiger partial charge < -0.3 is 10.5 Å². The second-order valence-corrected chi connectivity index (χ2v) is 6.09. The van der Waals surface area contributed by atoms with Gasteiger partial charge in [0.1, 0.15) is 11.3 Å². The summed E-state index contributed by atoms with van der Waals surface area (Å²) in [6.45, 7) is 0.812. The normalized spacial score (nSPS) is 26.4. The minimum atomic E-state index is 0.0799. The lowest BCUT2D eigenvalue weighted by molar-refractivity contribution is -0.115. The summed E-state index contributed by atoms with van der Waals surface area (Å²) in [5, 5.41) is 4.40. The van der Waals surface area contributed by atoms with Crippen molar-refractivity contribution in [3.8, 4) is 0 Å². The maximum absolute atomic E-state index is 6.10. The molecule has 2 N–H and O–H groups in total. The number of nitrogens with zero attached hydrogens (tertiary/aromatic N) is 3. The van der Waals surface area contributed by atoms with Gasteiger partial charge in [0.05, 0.1) is 11.6 Å². The monoisotopic (exact) mass is 280 g/mol. The molecule has 2 aliphatic rings. The highest BCUT2D eigenvalue weighted by Crippen LogP contribution is 2.41. The molecule has 1 atom stereocenters. The maximum Gasteiger partial charge on any atom is 0.208 e. The van der Waals surface area contributed by atoms with E-state index in [1.807, 2.05) is 4.68 Å². The van der Waals surface area contributed by atoms with Crippen molar-refractivity contribution < 1.29 is 4.74 Å². The molecule has 6 heteroatoms. The molecule has 3 rings (SSSR count). The molecule has 1 spiro atoms. The zero-order valence-corrected chi connectivity index (χ0v) is 11.9. The first-order valence-corrected chi connectivity index (χ1v) is 7.44. The van der Waals surface area contributed by atoms with E-state index >= 15 is 0 Å². The highest BCUT2D eigenvalue weighted by Gasteiger charge is 2.39. The summed E-state index contributed by atoms with van der Waals surface area (Å²) in [7, 11) is 0. The lowest BCUT2D eigenvalue weighted by Crippen LogP contribution is -2.42. The third-order valence-corrected chi connectivity index (χ3v) is 4.52. The molecular formula is C13H20N4OS. The molecule has 0 aromatic carbocycles. The van der Waals surface area contributed by atoms with Gasteiger partial charge in [-0.15, -0.1) is 5.10 Å². The van der Waals surface area contributed by atoms with Crippen LogP contribution in [0.4, 0.5) is 0 Å². The Bertz CT molecular complexity index is 461. The topological polar surface area (TPSA) is 66.0 Å². The molecular weight excluding hydrogens is 260 g/mol. The van der Waals surface area contributed by atoms with E-state index in [1.54, 1.807) is 6.33 Å². The van der Waals surface area contributed by atoms with Crippen LogP contribution in [0, 0.1) is 0 Å². The predicted molar refractivity (Wildman–Crippen MR) is 75.9 cm³/mol. The Morgan fingerprint density at radius 1 is 1.42 bits per heavy atom. The van der Waals surface area contributed by atoms with Crippen molar-refractivity contribution in [3.05, 3.63) is 12.2 Å². The molecule has 1 saturated carbocycles. The SMILES string of the molecule is NC(=S)c1ncn(C2CCOC3(CCCCC3)C2)n1. The predicted octanol–water partition coefficient (Wildman–Crippen LogP) is 1.97. The summed E-state index contributed by atoms with van der Waals surface area (Å²) in [4.78, 5) is 4.43. The second-order valence-electron chi connectivity index (χ2n) is 5.65. The summed E-state index contributed by atoms with van der Waals surface area (Å²) < 4.78 is 8.02. The molecule has 1 saturated heterocycles. The van der Waals surface area contributed by atoms with Crippen molar-refractivity contribution in [3.63, 3.8) is 0 Å². The van der Waals surface area contributed by atoms with Crippen LogP contribution in [0.25, 0.3) is 0 Å². The summed E-state index contributed by atoms with van der Waals surface area (Å²) >= 11 is 4.91. The number of aromatic nitrogens is 3. The van der Waals surface area contributed by atoms with E-state index in [9.17, 15) is 0 Å². The van der Waals surface area contributed by atoms with E-state index in [0.717, 1.165) is 19.4 Å². The molecule has 1 aromatic heterocycles. The van der Waals surface area contributed by atoms with Gasteiger partial charge >= 0.3 is 0 Å². The molecule has 0 radical (unpaired) electrons. The van der Waals surface area contributed by atoms with Gasteiger partial charge in [0, 0.05) is 6.61 Å². The fourth-order valence-corrected chi connectivity index (χ4v) is 3.43. The number of hydrogen-bond acceptors (Lipinski definition) is 4. The van der Waals surface area contributed by atoms with Crippen molar-refractivity contribution in [2.24, 2.45) is 5.73 Å². The standard InChI is InChI=1S/C13H20N4OS/c14-11(19)12-15-9-17(16-12)10-4-7-18-13(8-10)5-2-1-3-6-13/h9-10H,1-8H2,(H2,14,19). The molecule has 104 valence electrons. The molecule has 0 bridgehead atoms. The van der Waals surface area contributed by atoms with Crippen molar-refractivity contribution in [2.45, 2.75) is 56.6 Å². The van der Waals surface area contributed by atoms with Crippen LogP contribution in [-0.2, 0) is 4.74 Å². The summed E-state index contributed by atoms with van der Waals surface area (Å²) in [5.41, 5.74) is 5.64.